The molecule has 0 spiro atoms. The minimum Gasteiger partial charge on any atom is -0.319 e. The number of thiazole rings is 1. The minimum absolute atomic E-state index is 0.676. The standard InChI is InChI=1S/C11H10N2OS/c1-8-10(12-7-14)15-11(13-8)9-5-3-2-4-6-9/h2-7H,1H3,(H,12,14). The van der Waals surface area contributed by atoms with E-state index in [-0.39, 0.29) is 0 Å². The van der Waals surface area contributed by atoms with Gasteiger partial charge in [0.2, 0.25) is 6.41 Å². The molecule has 0 aliphatic carbocycles. The maximum atomic E-state index is 10.3. The van der Waals surface area contributed by atoms with Crippen molar-refractivity contribution in [2.45, 2.75) is 6.92 Å². The van der Waals surface area contributed by atoms with Gasteiger partial charge in [-0.25, -0.2) is 4.98 Å². The number of carbonyl (C=O) groups is 1. The number of aryl methyl sites for hydroxylation is 1. The number of hydrogen-bond donors (Lipinski definition) is 1. The number of nitrogens with one attached hydrogen (secondary N) is 1. The van der Waals surface area contributed by atoms with Crippen molar-refractivity contribution < 1.29 is 4.79 Å². The molecule has 1 amide bonds. The van der Waals surface area contributed by atoms with Crippen molar-refractivity contribution in [1.82, 2.24) is 4.98 Å². The molecule has 1 aromatic heterocycles. The van der Waals surface area contributed by atoms with E-state index in [9.17, 15) is 4.79 Å². The predicted molar refractivity (Wildman–Crippen MR) is 62.0 cm³/mol. The van der Waals surface area contributed by atoms with Gasteiger partial charge in [0.25, 0.3) is 0 Å². The molecule has 0 saturated carbocycles. The molecule has 15 heavy (non-hydrogen) atoms. The van der Waals surface area contributed by atoms with Crippen LogP contribution in [0.25, 0.3) is 10.6 Å². The number of hydrogen-bond acceptors (Lipinski definition) is 3. The maximum Gasteiger partial charge on any atom is 0.212 e. The van der Waals surface area contributed by atoms with Crippen LogP contribution in [0.3, 0.4) is 0 Å². The van der Waals surface area contributed by atoms with Crippen LogP contribution in [0.2, 0.25) is 0 Å². The lowest BCUT2D eigenvalue weighted by atomic mass is 10.2. The zero-order chi connectivity index (χ0) is 10.7. The number of carbonyl (C=O) groups excluding carboxylic acids is 1. The summed E-state index contributed by atoms with van der Waals surface area (Å²) in [5, 5.41) is 4.38. The van der Waals surface area contributed by atoms with Crippen LogP contribution in [-0.2, 0) is 4.79 Å². The van der Waals surface area contributed by atoms with Crippen LogP contribution in [-0.4, -0.2) is 11.4 Å². The van der Waals surface area contributed by atoms with Gasteiger partial charge in [-0.15, -0.1) is 0 Å². The second-order valence-corrected chi connectivity index (χ2v) is 4.06. The van der Waals surface area contributed by atoms with Gasteiger partial charge in [0.15, 0.2) is 0 Å². The summed E-state index contributed by atoms with van der Waals surface area (Å²) in [7, 11) is 0. The molecule has 1 N–H and O–H groups in total. The lowest BCUT2D eigenvalue weighted by molar-refractivity contribution is -0.105. The molecular formula is C11H10N2OS. The van der Waals surface area contributed by atoms with Crippen LogP contribution >= 0.6 is 11.3 Å². The molecular weight excluding hydrogens is 208 g/mol. The summed E-state index contributed by atoms with van der Waals surface area (Å²) in [4.78, 5) is 14.7. The molecule has 1 aromatic carbocycles. The number of aromatic nitrogens is 1. The number of rotatable bonds is 3. The van der Waals surface area contributed by atoms with E-state index in [0.717, 1.165) is 21.3 Å². The monoisotopic (exact) mass is 218 g/mol. The molecule has 3 nitrogen and oxygen atoms in total. The van der Waals surface area contributed by atoms with Crippen LogP contribution in [0.4, 0.5) is 5.00 Å². The molecule has 0 bridgehead atoms. The Balaban J connectivity index is 2.38. The van der Waals surface area contributed by atoms with Crippen molar-refractivity contribution in [2.75, 3.05) is 5.32 Å². The highest BCUT2D eigenvalue weighted by Gasteiger charge is 2.07. The van der Waals surface area contributed by atoms with Crippen molar-refractivity contribution in [3.63, 3.8) is 0 Å². The van der Waals surface area contributed by atoms with E-state index < -0.39 is 0 Å². The molecule has 2 rings (SSSR count). The van der Waals surface area contributed by atoms with Crippen molar-refractivity contribution >= 4 is 22.7 Å². The van der Waals surface area contributed by atoms with Crippen LogP contribution in [0.1, 0.15) is 5.69 Å². The van der Waals surface area contributed by atoms with Gasteiger partial charge in [-0.2, -0.15) is 0 Å². The Morgan fingerprint density at radius 3 is 2.73 bits per heavy atom. The van der Waals surface area contributed by atoms with Crippen molar-refractivity contribution in [2.24, 2.45) is 0 Å². The molecule has 76 valence electrons. The van der Waals surface area contributed by atoms with Crippen LogP contribution < -0.4 is 5.32 Å². The van der Waals surface area contributed by atoms with Crippen molar-refractivity contribution in [3.8, 4) is 10.6 Å². The van der Waals surface area contributed by atoms with Crippen LogP contribution in [0.5, 0.6) is 0 Å². The fraction of sp³-hybridized carbons (Fsp3) is 0.0909. The molecule has 0 saturated heterocycles. The summed E-state index contributed by atoms with van der Waals surface area (Å²) in [6, 6.07) is 9.91. The molecule has 2 aromatic rings. The average molecular weight is 218 g/mol. The largest absolute Gasteiger partial charge is 0.319 e. The quantitative estimate of drug-likeness (QED) is 0.805. The fourth-order valence-electron chi connectivity index (χ4n) is 1.29. The third-order valence-electron chi connectivity index (χ3n) is 2.01. The van der Waals surface area contributed by atoms with Gasteiger partial charge < -0.3 is 5.32 Å². The third kappa shape index (κ3) is 2.05. The first kappa shape index (κ1) is 9.86. The summed E-state index contributed by atoms with van der Waals surface area (Å²) in [6.07, 6.45) is 0.676. The Hall–Kier alpha value is -1.68. The molecule has 0 aliphatic rings. The van der Waals surface area contributed by atoms with Gasteiger partial charge >= 0.3 is 0 Å². The second-order valence-electron chi connectivity index (χ2n) is 3.06. The normalized spacial score (nSPS) is 9.93. The Morgan fingerprint density at radius 1 is 1.33 bits per heavy atom. The van der Waals surface area contributed by atoms with Gasteiger partial charge in [-0.1, -0.05) is 41.7 Å². The highest BCUT2D eigenvalue weighted by Crippen LogP contribution is 2.30. The molecule has 0 atom stereocenters. The smallest absolute Gasteiger partial charge is 0.212 e. The first-order valence-corrected chi connectivity index (χ1v) is 5.36. The first-order chi connectivity index (χ1) is 7.31. The average Bonchev–Trinajstić information content (AvgIpc) is 2.63. The van der Waals surface area contributed by atoms with E-state index in [2.05, 4.69) is 10.3 Å². The predicted octanol–water partition coefficient (Wildman–Crippen LogP) is 2.69. The molecule has 1 heterocycles. The topological polar surface area (TPSA) is 42.0 Å². The van der Waals surface area contributed by atoms with Gasteiger partial charge in [-0.05, 0) is 6.92 Å². The first-order valence-electron chi connectivity index (χ1n) is 4.54. The molecule has 0 aliphatic heterocycles. The van der Waals surface area contributed by atoms with Gasteiger partial charge in [0.1, 0.15) is 10.0 Å². The Bertz CT molecular complexity index is 465. The van der Waals surface area contributed by atoms with E-state index in [1.54, 1.807) is 0 Å². The summed E-state index contributed by atoms with van der Waals surface area (Å²) in [5.41, 5.74) is 1.93. The lowest BCUT2D eigenvalue weighted by Gasteiger charge is -1.92. The summed E-state index contributed by atoms with van der Waals surface area (Å²) < 4.78 is 0. The highest BCUT2D eigenvalue weighted by atomic mass is 32.1. The fourth-order valence-corrected chi connectivity index (χ4v) is 2.22. The maximum absolute atomic E-state index is 10.3. The number of nitrogens with zero attached hydrogens (tertiary/aromatic N) is 1. The Kier molecular flexibility index (Phi) is 2.78. The Labute approximate surface area is 91.8 Å². The summed E-state index contributed by atoms with van der Waals surface area (Å²) >= 11 is 1.48. The van der Waals surface area contributed by atoms with Crippen LogP contribution in [0.15, 0.2) is 30.3 Å². The lowest BCUT2D eigenvalue weighted by Crippen LogP contribution is -1.91. The summed E-state index contributed by atoms with van der Waals surface area (Å²) in [5.74, 6) is 0. The summed E-state index contributed by atoms with van der Waals surface area (Å²) in [6.45, 7) is 1.88. The van der Waals surface area contributed by atoms with E-state index in [4.69, 9.17) is 0 Å². The van der Waals surface area contributed by atoms with E-state index in [1.165, 1.54) is 11.3 Å². The number of benzene rings is 1. The zero-order valence-electron chi connectivity index (χ0n) is 8.23. The van der Waals surface area contributed by atoms with Crippen molar-refractivity contribution in [3.05, 3.63) is 36.0 Å². The van der Waals surface area contributed by atoms with E-state index >= 15 is 0 Å². The SMILES string of the molecule is Cc1nc(-c2ccccc2)sc1NC=O. The highest BCUT2D eigenvalue weighted by molar-refractivity contribution is 7.19. The van der Waals surface area contributed by atoms with Crippen molar-refractivity contribution in [1.29, 1.82) is 0 Å². The molecule has 0 radical (unpaired) electrons. The minimum atomic E-state index is 0.676. The second kappa shape index (κ2) is 4.23. The molecule has 0 fully saturated rings. The van der Waals surface area contributed by atoms with E-state index in [1.807, 2.05) is 37.3 Å². The van der Waals surface area contributed by atoms with Gasteiger partial charge in [0, 0.05) is 5.56 Å². The van der Waals surface area contributed by atoms with Gasteiger partial charge in [0.05, 0.1) is 5.69 Å². The zero-order valence-corrected chi connectivity index (χ0v) is 9.04. The van der Waals surface area contributed by atoms with E-state index in [0.29, 0.717) is 6.41 Å². The van der Waals surface area contributed by atoms with Crippen LogP contribution in [0, 0.1) is 6.92 Å². The number of anilines is 1. The molecule has 4 heteroatoms. The molecule has 0 unspecified atom stereocenters. The third-order valence-corrected chi connectivity index (χ3v) is 3.15. The van der Waals surface area contributed by atoms with Gasteiger partial charge in [-0.3, -0.25) is 4.79 Å². The number of amides is 1. The Morgan fingerprint density at radius 2 is 2.07 bits per heavy atom.